The van der Waals surface area contributed by atoms with Crippen molar-refractivity contribution in [2.45, 2.75) is 69.1 Å². The molecular weight excluding hydrogens is 491 g/mol. The first kappa shape index (κ1) is 30.1. The molecule has 0 radical (unpaired) electrons. The number of likely N-dealkylation sites (tertiary alicyclic amines) is 1. The Kier molecular flexibility index (Phi) is 12.1. The second-order valence-corrected chi connectivity index (χ2v) is 10.5. The van der Waals surface area contributed by atoms with Crippen molar-refractivity contribution in [3.05, 3.63) is 35.6 Å². The van der Waals surface area contributed by atoms with Crippen molar-refractivity contribution in [2.24, 2.45) is 5.92 Å². The Morgan fingerprint density at radius 2 is 2.00 bits per heavy atom. The van der Waals surface area contributed by atoms with E-state index in [4.69, 9.17) is 9.47 Å². The van der Waals surface area contributed by atoms with E-state index >= 15 is 0 Å². The summed E-state index contributed by atoms with van der Waals surface area (Å²) in [6.45, 7) is 2.36. The van der Waals surface area contributed by atoms with E-state index in [1.54, 1.807) is 13.2 Å². The second kappa shape index (κ2) is 15.2. The molecule has 3 rings (SSSR count). The number of hydrogen-bond donors (Lipinski definition) is 3. The number of halogens is 1. The molecule has 3 N–H and O–H groups in total. The predicted octanol–water partition coefficient (Wildman–Crippen LogP) is 3.99. The van der Waals surface area contributed by atoms with E-state index < -0.39 is 12.2 Å². The number of nitrogens with zero attached hydrogens (tertiary/aromatic N) is 1. The maximum absolute atomic E-state index is 14.1. The van der Waals surface area contributed by atoms with E-state index in [0.29, 0.717) is 19.6 Å². The van der Waals surface area contributed by atoms with Gasteiger partial charge in [0.2, 0.25) is 0 Å². The average molecular weight is 537 g/mol. The predicted molar refractivity (Wildman–Crippen MR) is 143 cm³/mol. The fourth-order valence-electron chi connectivity index (χ4n) is 5.79. The summed E-state index contributed by atoms with van der Waals surface area (Å²) in [5, 5.41) is 9.05. The normalized spacial score (nSPS) is 20.5. The third-order valence-electron chi connectivity index (χ3n) is 7.88. The summed E-state index contributed by atoms with van der Waals surface area (Å²) < 4.78 is 30.7. The topological polar surface area (TPSA) is 101 Å². The summed E-state index contributed by atoms with van der Waals surface area (Å²) in [7, 11) is 5.00. The first-order valence-corrected chi connectivity index (χ1v) is 13.8. The molecule has 3 amide bonds. The molecule has 9 nitrogen and oxygen atoms in total. The molecule has 1 saturated carbocycles. The average Bonchev–Trinajstić information content (AvgIpc) is 3.41. The second-order valence-electron chi connectivity index (χ2n) is 10.5. The number of carbonyl (C=O) groups excluding carboxylic acids is 2. The largest absolute Gasteiger partial charge is 0.453 e. The zero-order valence-corrected chi connectivity index (χ0v) is 23.1. The van der Waals surface area contributed by atoms with Crippen molar-refractivity contribution in [1.82, 2.24) is 20.9 Å². The Bertz CT molecular complexity index is 883. The maximum Gasteiger partial charge on any atom is 0.406 e. The molecule has 1 saturated heterocycles. The Labute approximate surface area is 226 Å². The molecule has 3 unspecified atom stereocenters. The van der Waals surface area contributed by atoms with Gasteiger partial charge in [0.05, 0.1) is 25.4 Å². The summed E-state index contributed by atoms with van der Waals surface area (Å²) in [4.78, 5) is 26.6. The summed E-state index contributed by atoms with van der Waals surface area (Å²) in [6.07, 6.45) is 7.06. The molecule has 10 heteroatoms. The van der Waals surface area contributed by atoms with Gasteiger partial charge in [0.25, 0.3) is 0 Å². The Hall–Kier alpha value is -2.43. The van der Waals surface area contributed by atoms with E-state index in [0.717, 1.165) is 44.1 Å². The molecule has 3 atom stereocenters. The zero-order valence-electron chi connectivity index (χ0n) is 23.1. The number of rotatable bonds is 13. The molecule has 38 heavy (non-hydrogen) atoms. The Morgan fingerprint density at radius 1 is 1.21 bits per heavy atom. The monoisotopic (exact) mass is 536 g/mol. The van der Waals surface area contributed by atoms with Crippen LogP contribution < -0.4 is 16.0 Å². The van der Waals surface area contributed by atoms with Gasteiger partial charge in [-0.05, 0) is 63.3 Å². The first-order chi connectivity index (χ1) is 18.4. The number of alkyl carbamates (subject to hydrolysis) is 1. The van der Waals surface area contributed by atoms with Gasteiger partial charge >= 0.3 is 12.1 Å². The minimum absolute atomic E-state index is 0.000152. The van der Waals surface area contributed by atoms with Gasteiger partial charge in [0.15, 0.2) is 0 Å². The van der Waals surface area contributed by atoms with Crippen molar-refractivity contribution in [1.29, 1.82) is 0 Å². The van der Waals surface area contributed by atoms with Crippen molar-refractivity contribution in [3.63, 3.8) is 0 Å². The lowest BCUT2D eigenvalue weighted by Crippen LogP contribution is -2.51. The highest BCUT2D eigenvalue weighted by Gasteiger charge is 2.35. The standard InChI is InChI=1S/C28H45FN4O5/c1-30-19-24(11-14-28(37-3)12-4-5-13-28)32-26(34)33-16-7-9-22(20-33)25(21-8-6-10-23(29)18-21)38-17-15-31-27(35)36-2/h6,8,10,18,22,24-25,30H,4-5,7,9,11-17,19-20H2,1-3H3,(H,31,35)(H,32,34). The van der Waals surface area contributed by atoms with Crippen LogP contribution in [0.25, 0.3) is 0 Å². The summed E-state index contributed by atoms with van der Waals surface area (Å²) in [5.41, 5.74) is 0.662. The molecule has 1 aromatic carbocycles. The van der Waals surface area contributed by atoms with Gasteiger partial charge < -0.3 is 35.1 Å². The highest BCUT2D eigenvalue weighted by atomic mass is 19.1. The number of benzene rings is 1. The smallest absolute Gasteiger partial charge is 0.406 e. The fourth-order valence-corrected chi connectivity index (χ4v) is 5.79. The maximum atomic E-state index is 14.1. The van der Waals surface area contributed by atoms with Crippen molar-refractivity contribution >= 4 is 12.1 Å². The summed E-state index contributed by atoms with van der Waals surface area (Å²) >= 11 is 0. The lowest BCUT2D eigenvalue weighted by atomic mass is 9.88. The highest BCUT2D eigenvalue weighted by molar-refractivity contribution is 5.74. The summed E-state index contributed by atoms with van der Waals surface area (Å²) in [6, 6.07) is 6.31. The van der Waals surface area contributed by atoms with Gasteiger partial charge in [0, 0.05) is 45.2 Å². The van der Waals surface area contributed by atoms with Crippen LogP contribution in [0.4, 0.5) is 14.0 Å². The number of amides is 3. The van der Waals surface area contributed by atoms with Crippen LogP contribution >= 0.6 is 0 Å². The quantitative estimate of drug-likeness (QED) is 0.330. The summed E-state index contributed by atoms with van der Waals surface area (Å²) in [5.74, 6) is -0.340. The third kappa shape index (κ3) is 8.81. The SMILES string of the molecule is CNCC(CCC1(OC)CCCC1)NC(=O)N1CCCC(C(OCCNC(=O)OC)c2cccc(F)c2)C1. The minimum atomic E-state index is -0.531. The van der Waals surface area contributed by atoms with Crippen LogP contribution in [0.3, 0.4) is 0 Å². The molecule has 214 valence electrons. The van der Waals surface area contributed by atoms with Gasteiger partial charge in [-0.25, -0.2) is 14.0 Å². The molecule has 0 bridgehead atoms. The molecule has 0 spiro atoms. The molecule has 1 aliphatic heterocycles. The van der Waals surface area contributed by atoms with Crippen LogP contribution in [0.2, 0.25) is 0 Å². The highest BCUT2D eigenvalue weighted by Crippen LogP contribution is 2.37. The first-order valence-electron chi connectivity index (χ1n) is 13.8. The number of likely N-dealkylation sites (N-methyl/N-ethyl adjacent to an activating group) is 1. The van der Waals surface area contributed by atoms with E-state index in [1.807, 2.05) is 18.0 Å². The van der Waals surface area contributed by atoms with Crippen LogP contribution in [0.15, 0.2) is 24.3 Å². The Balaban J connectivity index is 1.62. The molecule has 1 heterocycles. The Morgan fingerprint density at radius 3 is 2.68 bits per heavy atom. The van der Waals surface area contributed by atoms with Crippen LogP contribution in [0.5, 0.6) is 0 Å². The molecule has 1 aromatic rings. The lowest BCUT2D eigenvalue weighted by Gasteiger charge is -2.38. The molecule has 2 aliphatic rings. The van der Waals surface area contributed by atoms with E-state index in [9.17, 15) is 14.0 Å². The van der Waals surface area contributed by atoms with Gasteiger partial charge in [-0.15, -0.1) is 0 Å². The van der Waals surface area contributed by atoms with Crippen LogP contribution in [-0.4, -0.2) is 82.7 Å². The van der Waals surface area contributed by atoms with Gasteiger partial charge in [-0.2, -0.15) is 0 Å². The van der Waals surface area contributed by atoms with Crippen molar-refractivity contribution in [3.8, 4) is 0 Å². The van der Waals surface area contributed by atoms with E-state index in [2.05, 4.69) is 20.7 Å². The minimum Gasteiger partial charge on any atom is -0.453 e. The van der Waals surface area contributed by atoms with Crippen molar-refractivity contribution in [2.75, 3.05) is 54.1 Å². The number of ether oxygens (including phenoxy) is 3. The van der Waals surface area contributed by atoms with Crippen LogP contribution in [-0.2, 0) is 14.2 Å². The lowest BCUT2D eigenvalue weighted by molar-refractivity contribution is -0.0151. The number of piperidine rings is 1. The van der Waals surface area contributed by atoms with Gasteiger partial charge in [-0.3, -0.25) is 0 Å². The zero-order chi connectivity index (χ0) is 27.4. The molecule has 1 aliphatic carbocycles. The van der Waals surface area contributed by atoms with E-state index in [-0.39, 0.29) is 42.6 Å². The van der Waals surface area contributed by atoms with Gasteiger partial charge in [0.1, 0.15) is 5.82 Å². The number of hydrogen-bond acceptors (Lipinski definition) is 6. The third-order valence-corrected chi connectivity index (χ3v) is 7.88. The van der Waals surface area contributed by atoms with Crippen molar-refractivity contribution < 1.29 is 28.2 Å². The molecule has 0 aromatic heterocycles. The number of nitrogens with one attached hydrogen (secondary N) is 3. The van der Waals surface area contributed by atoms with Gasteiger partial charge in [-0.1, -0.05) is 25.0 Å². The van der Waals surface area contributed by atoms with Crippen LogP contribution in [0.1, 0.15) is 63.0 Å². The fraction of sp³-hybridized carbons (Fsp3) is 0.714. The van der Waals surface area contributed by atoms with Crippen LogP contribution in [0, 0.1) is 11.7 Å². The number of methoxy groups -OCH3 is 2. The number of carbonyl (C=O) groups is 2. The number of urea groups is 1. The molecule has 2 fully saturated rings. The van der Waals surface area contributed by atoms with E-state index in [1.165, 1.54) is 32.1 Å². The molecular formula is C28H45FN4O5.